The van der Waals surface area contributed by atoms with E-state index in [1.165, 1.54) is 27.4 Å². The molecule has 0 amide bonds. The number of rotatable bonds is 6. The van der Waals surface area contributed by atoms with Crippen molar-refractivity contribution >= 4 is 16.7 Å². The Morgan fingerprint density at radius 2 is 1.50 bits per heavy atom. The van der Waals surface area contributed by atoms with Gasteiger partial charge in [-0.15, -0.1) is 0 Å². The van der Waals surface area contributed by atoms with Gasteiger partial charge in [0, 0.05) is 22.0 Å². The lowest BCUT2D eigenvalue weighted by Crippen LogP contribution is -2.05. The molecule has 0 aliphatic rings. The number of aromatic amines is 1. The summed E-state index contributed by atoms with van der Waals surface area (Å²) in [4.78, 5) is 16.9. The van der Waals surface area contributed by atoms with E-state index in [4.69, 9.17) is 14.2 Å². The molecule has 1 heterocycles. The molecule has 0 unspecified atom stereocenters. The van der Waals surface area contributed by atoms with Crippen molar-refractivity contribution in [2.75, 3.05) is 21.3 Å². The Balaban J connectivity index is 1.97. The largest absolute Gasteiger partial charge is 0.493 e. The second kappa shape index (κ2) is 7.91. The van der Waals surface area contributed by atoms with Gasteiger partial charge in [0.1, 0.15) is 5.82 Å². The molecular weight excluding hydrogens is 385 g/mol. The fraction of sp³-hybridized carbons (Fsp3) is 0.125. The predicted octanol–water partition coefficient (Wildman–Crippen LogP) is 5.23. The zero-order chi connectivity index (χ0) is 21.3. The highest BCUT2D eigenvalue weighted by Crippen LogP contribution is 2.40. The monoisotopic (exact) mass is 405 g/mol. The van der Waals surface area contributed by atoms with Crippen LogP contribution in [0.5, 0.6) is 17.2 Å². The van der Waals surface area contributed by atoms with Gasteiger partial charge in [-0.2, -0.15) is 0 Å². The minimum absolute atomic E-state index is 0.287. The summed E-state index contributed by atoms with van der Waals surface area (Å²) in [6.45, 7) is 0. The van der Waals surface area contributed by atoms with E-state index in [1.807, 2.05) is 24.3 Å². The van der Waals surface area contributed by atoms with Crippen LogP contribution in [0.1, 0.15) is 15.9 Å². The van der Waals surface area contributed by atoms with E-state index in [-0.39, 0.29) is 5.78 Å². The number of carbonyl (C=O) groups is 1. The zero-order valence-corrected chi connectivity index (χ0v) is 16.8. The van der Waals surface area contributed by atoms with Crippen molar-refractivity contribution in [3.05, 3.63) is 77.6 Å². The number of methoxy groups -OCH3 is 3. The smallest absolute Gasteiger partial charge is 0.203 e. The summed E-state index contributed by atoms with van der Waals surface area (Å²) in [5.74, 6) is 0.428. The minimum Gasteiger partial charge on any atom is -0.493 e. The normalized spacial score (nSPS) is 10.8. The van der Waals surface area contributed by atoms with Crippen LogP contribution in [0.2, 0.25) is 0 Å². The van der Waals surface area contributed by atoms with Gasteiger partial charge in [0.05, 0.1) is 32.6 Å². The van der Waals surface area contributed by atoms with Gasteiger partial charge < -0.3 is 19.2 Å². The highest BCUT2D eigenvalue weighted by Gasteiger charge is 2.25. The van der Waals surface area contributed by atoms with E-state index in [9.17, 15) is 9.18 Å². The van der Waals surface area contributed by atoms with E-state index in [0.29, 0.717) is 45.0 Å². The third kappa shape index (κ3) is 3.16. The number of hydrogen-bond donors (Lipinski definition) is 1. The number of nitrogens with one attached hydrogen (secondary N) is 1. The van der Waals surface area contributed by atoms with Gasteiger partial charge in [-0.25, -0.2) is 4.39 Å². The van der Waals surface area contributed by atoms with Gasteiger partial charge in [-0.05, 0) is 30.3 Å². The maximum atomic E-state index is 14.6. The summed E-state index contributed by atoms with van der Waals surface area (Å²) in [5, 5.41) is 0.703. The van der Waals surface area contributed by atoms with Crippen molar-refractivity contribution in [2.24, 2.45) is 0 Å². The van der Waals surface area contributed by atoms with E-state index in [0.717, 1.165) is 5.52 Å². The lowest BCUT2D eigenvalue weighted by atomic mass is 9.96. The fourth-order valence-corrected chi connectivity index (χ4v) is 3.60. The number of para-hydroxylation sites is 1. The Kier molecular flexibility index (Phi) is 5.14. The number of benzene rings is 3. The van der Waals surface area contributed by atoms with E-state index < -0.39 is 5.82 Å². The van der Waals surface area contributed by atoms with Crippen molar-refractivity contribution in [1.82, 2.24) is 4.98 Å². The summed E-state index contributed by atoms with van der Waals surface area (Å²) in [6, 6.07) is 16.9. The molecule has 0 spiro atoms. The molecule has 0 aliphatic heterocycles. The van der Waals surface area contributed by atoms with Crippen LogP contribution in [0.15, 0.2) is 60.7 Å². The lowest BCUT2D eigenvalue weighted by molar-refractivity contribution is 0.104. The van der Waals surface area contributed by atoms with Gasteiger partial charge in [0.2, 0.25) is 5.75 Å². The first-order valence-electron chi connectivity index (χ1n) is 9.29. The van der Waals surface area contributed by atoms with Gasteiger partial charge >= 0.3 is 0 Å². The van der Waals surface area contributed by atoms with Crippen LogP contribution in [0, 0.1) is 5.82 Å². The molecule has 6 heteroatoms. The van der Waals surface area contributed by atoms with Crippen LogP contribution in [0.4, 0.5) is 4.39 Å². The van der Waals surface area contributed by atoms with Crippen LogP contribution in [0.25, 0.3) is 22.2 Å². The molecule has 0 bridgehead atoms. The maximum absolute atomic E-state index is 14.6. The van der Waals surface area contributed by atoms with Gasteiger partial charge in [-0.1, -0.05) is 30.3 Å². The third-order valence-electron chi connectivity index (χ3n) is 5.00. The standard InChI is InChI=1S/C24H20FNO4/c1-28-19-12-14(13-20(29-2)24(19)30-3)23(27)21-16-9-5-7-11-18(16)26-22(21)15-8-4-6-10-17(15)25/h4-13,26H,1-3H3. The number of ketones is 1. The molecule has 0 aliphatic carbocycles. The molecular formula is C24H20FNO4. The number of aromatic nitrogens is 1. The summed E-state index contributed by atoms with van der Waals surface area (Å²) >= 11 is 0. The maximum Gasteiger partial charge on any atom is 0.203 e. The first-order valence-corrected chi connectivity index (χ1v) is 9.29. The van der Waals surface area contributed by atoms with Gasteiger partial charge in [0.25, 0.3) is 0 Å². The van der Waals surface area contributed by atoms with Crippen LogP contribution in [-0.2, 0) is 0 Å². The zero-order valence-electron chi connectivity index (χ0n) is 16.8. The Labute approximate surface area is 173 Å². The van der Waals surface area contributed by atoms with E-state index in [2.05, 4.69) is 4.98 Å². The molecule has 0 saturated carbocycles. The highest BCUT2D eigenvalue weighted by molar-refractivity contribution is 6.20. The molecule has 0 saturated heterocycles. The number of fused-ring (bicyclic) bond motifs is 1. The van der Waals surface area contributed by atoms with Crippen molar-refractivity contribution in [2.45, 2.75) is 0 Å². The number of H-pyrrole nitrogens is 1. The second-order valence-corrected chi connectivity index (χ2v) is 6.64. The second-order valence-electron chi connectivity index (χ2n) is 6.64. The molecule has 152 valence electrons. The average molecular weight is 405 g/mol. The van der Waals surface area contributed by atoms with Gasteiger partial charge in [-0.3, -0.25) is 4.79 Å². The summed E-state index contributed by atoms with van der Waals surface area (Å²) in [5.41, 5.74) is 2.21. The highest BCUT2D eigenvalue weighted by atomic mass is 19.1. The SMILES string of the molecule is COc1cc(C(=O)c2c(-c3ccccc3F)[nH]c3ccccc23)cc(OC)c1OC. The number of halogens is 1. The molecule has 30 heavy (non-hydrogen) atoms. The molecule has 0 radical (unpaired) electrons. The van der Waals surface area contributed by atoms with Crippen molar-refractivity contribution in [3.63, 3.8) is 0 Å². The number of carbonyl (C=O) groups excluding carboxylic acids is 1. The quantitative estimate of drug-likeness (QED) is 0.446. The van der Waals surface area contributed by atoms with E-state index >= 15 is 0 Å². The third-order valence-corrected chi connectivity index (χ3v) is 5.00. The Bertz CT molecular complexity index is 1220. The van der Waals surface area contributed by atoms with Crippen molar-refractivity contribution < 1.29 is 23.4 Å². The summed E-state index contributed by atoms with van der Waals surface area (Å²) in [7, 11) is 4.47. The van der Waals surface area contributed by atoms with Gasteiger partial charge in [0.15, 0.2) is 17.3 Å². The summed E-state index contributed by atoms with van der Waals surface area (Å²) < 4.78 is 30.7. The number of hydrogen-bond acceptors (Lipinski definition) is 4. The minimum atomic E-state index is -0.414. The molecule has 5 nitrogen and oxygen atoms in total. The van der Waals surface area contributed by atoms with E-state index in [1.54, 1.807) is 30.3 Å². The molecule has 3 aromatic carbocycles. The molecule has 4 rings (SSSR count). The molecule has 4 aromatic rings. The van der Waals surface area contributed by atoms with Crippen LogP contribution in [0.3, 0.4) is 0 Å². The molecule has 0 fully saturated rings. The predicted molar refractivity (Wildman–Crippen MR) is 113 cm³/mol. The Hall–Kier alpha value is -3.80. The topological polar surface area (TPSA) is 60.6 Å². The number of ether oxygens (including phenoxy) is 3. The fourth-order valence-electron chi connectivity index (χ4n) is 3.60. The van der Waals surface area contributed by atoms with Crippen molar-refractivity contribution in [3.8, 4) is 28.5 Å². The average Bonchev–Trinajstić information content (AvgIpc) is 3.17. The van der Waals surface area contributed by atoms with Crippen LogP contribution < -0.4 is 14.2 Å². The first-order chi connectivity index (χ1) is 14.6. The first kappa shape index (κ1) is 19.5. The van der Waals surface area contributed by atoms with Crippen LogP contribution >= 0.6 is 0 Å². The Morgan fingerprint density at radius 1 is 0.867 bits per heavy atom. The molecule has 1 aromatic heterocycles. The van der Waals surface area contributed by atoms with Crippen molar-refractivity contribution in [1.29, 1.82) is 0 Å². The Morgan fingerprint density at radius 3 is 2.13 bits per heavy atom. The lowest BCUT2D eigenvalue weighted by Gasteiger charge is -2.14. The molecule has 0 atom stereocenters. The molecule has 1 N–H and O–H groups in total. The summed E-state index contributed by atoms with van der Waals surface area (Å²) in [6.07, 6.45) is 0. The van der Waals surface area contributed by atoms with Crippen LogP contribution in [-0.4, -0.2) is 32.1 Å².